The Bertz CT molecular complexity index is 1100. The van der Waals surface area contributed by atoms with Crippen molar-refractivity contribution in [3.05, 3.63) is 42.0 Å². The van der Waals surface area contributed by atoms with Gasteiger partial charge in [0.1, 0.15) is 17.3 Å². The van der Waals surface area contributed by atoms with E-state index in [1.807, 2.05) is 44.0 Å². The van der Waals surface area contributed by atoms with Gasteiger partial charge >= 0.3 is 0 Å². The highest BCUT2D eigenvalue weighted by atomic mass is 19.3. The maximum absolute atomic E-state index is 14.4. The second-order valence-electron chi connectivity index (χ2n) is 9.34. The van der Waals surface area contributed by atoms with Crippen molar-refractivity contribution in [1.82, 2.24) is 19.6 Å². The van der Waals surface area contributed by atoms with Crippen LogP contribution in [0.5, 0.6) is 11.5 Å². The summed E-state index contributed by atoms with van der Waals surface area (Å²) in [7, 11) is 5.12. The predicted octanol–water partition coefficient (Wildman–Crippen LogP) is 4.71. The molecule has 2 aromatic heterocycles. The van der Waals surface area contributed by atoms with Gasteiger partial charge in [-0.2, -0.15) is 0 Å². The molecule has 0 radical (unpaired) electrons. The van der Waals surface area contributed by atoms with E-state index in [0.29, 0.717) is 41.8 Å². The summed E-state index contributed by atoms with van der Waals surface area (Å²) in [5, 5.41) is 8.66. The van der Waals surface area contributed by atoms with Crippen LogP contribution in [0.3, 0.4) is 0 Å². The fraction of sp³-hybridized carbons (Fsp3) is 0.522. The van der Waals surface area contributed by atoms with Gasteiger partial charge in [-0.05, 0) is 24.0 Å². The third kappa shape index (κ3) is 4.33. The molecule has 2 heterocycles. The lowest BCUT2D eigenvalue weighted by atomic mass is 9.70. The van der Waals surface area contributed by atoms with Crippen LogP contribution in [-0.2, 0) is 6.54 Å². The zero-order chi connectivity index (χ0) is 23.1. The lowest BCUT2D eigenvalue weighted by molar-refractivity contribution is -0.0818. The minimum absolute atomic E-state index is 0.105. The summed E-state index contributed by atoms with van der Waals surface area (Å²) in [4.78, 5) is 6.44. The smallest absolute Gasteiger partial charge is 0.249 e. The standard InChI is InChI=1S/C23H29F2N5O2/c1-22(2)11-16(12-23(24,25)14-22)19-27-28-21-20(26-8-9-30(19)21)29(3)13-15-6-7-17(31-4)10-18(15)32-5/h6-10,16H,11-14H2,1-5H3. The minimum Gasteiger partial charge on any atom is -0.497 e. The van der Waals surface area contributed by atoms with E-state index in [9.17, 15) is 8.78 Å². The Kier molecular flexibility index (Phi) is 5.68. The Labute approximate surface area is 186 Å². The number of nitrogens with zero attached hydrogens (tertiary/aromatic N) is 5. The molecule has 1 aliphatic carbocycles. The van der Waals surface area contributed by atoms with Gasteiger partial charge in [-0.3, -0.25) is 4.40 Å². The minimum atomic E-state index is -2.71. The van der Waals surface area contributed by atoms with Gasteiger partial charge in [0.15, 0.2) is 5.82 Å². The monoisotopic (exact) mass is 445 g/mol. The molecule has 0 N–H and O–H groups in total. The number of hydrogen-bond acceptors (Lipinski definition) is 6. The van der Waals surface area contributed by atoms with Gasteiger partial charge in [-0.15, -0.1) is 10.2 Å². The lowest BCUT2D eigenvalue weighted by Gasteiger charge is -2.39. The van der Waals surface area contributed by atoms with Crippen LogP contribution < -0.4 is 14.4 Å². The summed E-state index contributed by atoms with van der Waals surface area (Å²) in [6.45, 7) is 4.29. The maximum Gasteiger partial charge on any atom is 0.249 e. The molecule has 172 valence electrons. The van der Waals surface area contributed by atoms with E-state index in [4.69, 9.17) is 9.47 Å². The number of halogens is 2. The first-order valence-corrected chi connectivity index (χ1v) is 10.6. The molecule has 0 saturated heterocycles. The molecule has 7 nitrogen and oxygen atoms in total. The number of fused-ring (bicyclic) bond motifs is 1. The van der Waals surface area contributed by atoms with Crippen LogP contribution in [0.4, 0.5) is 14.6 Å². The van der Waals surface area contributed by atoms with Crippen molar-refractivity contribution in [1.29, 1.82) is 0 Å². The molecule has 1 atom stereocenters. The molecule has 1 unspecified atom stereocenters. The number of methoxy groups -OCH3 is 2. The highest BCUT2D eigenvalue weighted by Gasteiger charge is 2.46. The first-order chi connectivity index (χ1) is 15.1. The van der Waals surface area contributed by atoms with Crippen LogP contribution in [0.1, 0.15) is 50.4 Å². The van der Waals surface area contributed by atoms with Crippen molar-refractivity contribution in [3.63, 3.8) is 0 Å². The van der Waals surface area contributed by atoms with Gasteiger partial charge < -0.3 is 14.4 Å². The first-order valence-electron chi connectivity index (χ1n) is 10.6. The van der Waals surface area contributed by atoms with Crippen molar-refractivity contribution < 1.29 is 18.3 Å². The van der Waals surface area contributed by atoms with Gasteiger partial charge in [0.25, 0.3) is 0 Å². The van der Waals surface area contributed by atoms with Crippen molar-refractivity contribution in [2.45, 2.75) is 51.5 Å². The quantitative estimate of drug-likeness (QED) is 0.548. The summed E-state index contributed by atoms with van der Waals surface area (Å²) >= 11 is 0. The van der Waals surface area contributed by atoms with E-state index >= 15 is 0 Å². The average molecular weight is 446 g/mol. The zero-order valence-electron chi connectivity index (χ0n) is 19.1. The summed E-state index contributed by atoms with van der Waals surface area (Å²) in [5.74, 6) is -0.487. The highest BCUT2D eigenvalue weighted by Crippen LogP contribution is 2.50. The van der Waals surface area contributed by atoms with Crippen LogP contribution >= 0.6 is 0 Å². The van der Waals surface area contributed by atoms with E-state index in [1.165, 1.54) is 0 Å². The Morgan fingerprint density at radius 2 is 1.94 bits per heavy atom. The van der Waals surface area contributed by atoms with Gasteiger partial charge in [0.05, 0.1) is 14.2 Å². The second-order valence-corrected chi connectivity index (χ2v) is 9.34. The van der Waals surface area contributed by atoms with Gasteiger partial charge in [0, 0.05) is 56.4 Å². The largest absolute Gasteiger partial charge is 0.497 e. The fourth-order valence-electron chi connectivity index (χ4n) is 4.82. The molecular formula is C23H29F2N5O2. The van der Waals surface area contributed by atoms with Crippen LogP contribution in [0.25, 0.3) is 5.65 Å². The molecule has 0 bridgehead atoms. The van der Waals surface area contributed by atoms with Crippen molar-refractivity contribution >= 4 is 11.5 Å². The van der Waals surface area contributed by atoms with Crippen LogP contribution in [0, 0.1) is 5.41 Å². The molecule has 1 saturated carbocycles. The maximum atomic E-state index is 14.4. The summed E-state index contributed by atoms with van der Waals surface area (Å²) in [5.41, 5.74) is 1.03. The Hall–Kier alpha value is -2.97. The number of alkyl halides is 2. The zero-order valence-corrected chi connectivity index (χ0v) is 19.1. The Balaban J connectivity index is 1.65. The summed E-state index contributed by atoms with van der Waals surface area (Å²) in [6, 6.07) is 5.65. The topological polar surface area (TPSA) is 64.8 Å². The average Bonchev–Trinajstić information content (AvgIpc) is 3.16. The molecule has 1 aliphatic rings. The Morgan fingerprint density at radius 3 is 2.62 bits per heavy atom. The van der Waals surface area contributed by atoms with Crippen molar-refractivity contribution in [2.24, 2.45) is 5.41 Å². The van der Waals surface area contributed by atoms with Crippen molar-refractivity contribution in [3.8, 4) is 11.5 Å². The normalized spacial score (nSPS) is 19.7. The molecule has 4 rings (SSSR count). The Morgan fingerprint density at radius 1 is 1.16 bits per heavy atom. The number of anilines is 1. The molecular weight excluding hydrogens is 416 g/mol. The number of benzene rings is 1. The fourth-order valence-corrected chi connectivity index (χ4v) is 4.82. The summed E-state index contributed by atoms with van der Waals surface area (Å²) in [6.07, 6.45) is 3.72. The van der Waals surface area contributed by atoms with E-state index < -0.39 is 11.3 Å². The number of aromatic nitrogens is 4. The first kappa shape index (κ1) is 22.2. The third-order valence-electron chi connectivity index (χ3n) is 6.04. The molecule has 9 heteroatoms. The SMILES string of the molecule is COc1ccc(CN(C)c2nccn3c(C4CC(C)(C)CC(F)(F)C4)nnc23)c(OC)c1. The molecule has 1 aromatic carbocycles. The molecule has 0 amide bonds. The van der Waals surface area contributed by atoms with Crippen molar-refractivity contribution in [2.75, 3.05) is 26.2 Å². The van der Waals surface area contributed by atoms with Crippen LogP contribution in [-0.4, -0.2) is 46.8 Å². The third-order valence-corrected chi connectivity index (χ3v) is 6.04. The molecule has 1 fully saturated rings. The lowest BCUT2D eigenvalue weighted by Crippen LogP contribution is -2.36. The number of rotatable bonds is 6. The van der Waals surface area contributed by atoms with E-state index in [1.54, 1.807) is 31.0 Å². The highest BCUT2D eigenvalue weighted by molar-refractivity contribution is 5.64. The van der Waals surface area contributed by atoms with E-state index in [2.05, 4.69) is 15.2 Å². The number of ether oxygens (including phenoxy) is 2. The molecule has 0 spiro atoms. The van der Waals surface area contributed by atoms with Gasteiger partial charge in [-0.25, -0.2) is 13.8 Å². The molecule has 32 heavy (non-hydrogen) atoms. The predicted molar refractivity (Wildman–Crippen MR) is 118 cm³/mol. The van der Waals surface area contributed by atoms with E-state index in [-0.39, 0.29) is 18.8 Å². The van der Waals surface area contributed by atoms with Gasteiger partial charge in [0.2, 0.25) is 11.6 Å². The second kappa shape index (κ2) is 8.18. The molecule has 0 aliphatic heterocycles. The summed E-state index contributed by atoms with van der Waals surface area (Å²) < 4.78 is 41.4. The van der Waals surface area contributed by atoms with Gasteiger partial charge in [-0.1, -0.05) is 13.8 Å². The molecule has 3 aromatic rings. The van der Waals surface area contributed by atoms with Crippen LogP contribution in [0.15, 0.2) is 30.6 Å². The number of hydrogen-bond donors (Lipinski definition) is 0. The van der Waals surface area contributed by atoms with Crippen LogP contribution in [0.2, 0.25) is 0 Å². The van der Waals surface area contributed by atoms with E-state index in [0.717, 1.165) is 5.56 Å².